The normalized spacial score (nSPS) is 11.4. The van der Waals surface area contributed by atoms with Crippen LogP contribution in [0.15, 0.2) is 84.9 Å². The first kappa shape index (κ1) is 21.7. The van der Waals surface area contributed by atoms with Crippen LogP contribution < -0.4 is 10.8 Å². The van der Waals surface area contributed by atoms with E-state index in [4.69, 9.17) is 5.21 Å². The highest BCUT2D eigenvalue weighted by atomic mass is 19.1. The Morgan fingerprint density at radius 1 is 0.871 bits per heavy atom. The zero-order chi connectivity index (χ0) is 22.1. The van der Waals surface area contributed by atoms with E-state index in [9.17, 15) is 14.0 Å². The Morgan fingerprint density at radius 2 is 1.52 bits per heavy atom. The topological polar surface area (TPSA) is 81.1 Å². The summed E-state index contributed by atoms with van der Waals surface area (Å²) in [5, 5.41) is 9.69. The molecule has 0 saturated carbocycles. The second-order valence-corrected chi connectivity index (χ2v) is 6.72. The number of rotatable bonds is 7. The molecular weight excluding hydrogens is 395 g/mol. The maximum Gasteiger partial charge on any atom is 0.306 e. The van der Waals surface area contributed by atoms with Crippen molar-refractivity contribution in [3.05, 3.63) is 113 Å². The minimum absolute atomic E-state index is 0.244. The second kappa shape index (κ2) is 10.7. The number of nitrogens with one attached hydrogen (secondary N) is 2. The van der Waals surface area contributed by atoms with Crippen LogP contribution >= 0.6 is 0 Å². The van der Waals surface area contributed by atoms with E-state index in [1.165, 1.54) is 18.2 Å². The van der Waals surface area contributed by atoms with Crippen LogP contribution in [0.5, 0.6) is 0 Å². The van der Waals surface area contributed by atoms with E-state index in [2.05, 4.69) is 5.32 Å². The fourth-order valence-corrected chi connectivity index (χ4v) is 2.86. The Kier molecular flexibility index (Phi) is 7.45. The molecular formula is C25H22FN2O3+. The van der Waals surface area contributed by atoms with Gasteiger partial charge in [0.05, 0.1) is 0 Å². The summed E-state index contributed by atoms with van der Waals surface area (Å²) in [6.07, 6.45) is 4.61. The van der Waals surface area contributed by atoms with Crippen molar-refractivity contribution in [1.29, 1.82) is 0 Å². The molecule has 0 bridgehead atoms. The molecule has 0 radical (unpaired) electrons. The number of carbonyl (C=O) groups excluding carboxylic acids is 2. The standard InChI is InChI=1S/C25H21FN2O3/c26-22-13-10-19(11-14-22)16-23(21-4-2-1-3-5-21)25(30)27-17-20-8-6-18(7-9-20)12-15-24(29)28-31/h1-16,31H,17H2,(H,27,30)(H,28,29)/p+1/b15-12+,23-16+. The maximum atomic E-state index is 13.2. The van der Waals surface area contributed by atoms with Crippen molar-refractivity contribution < 1.29 is 19.2 Å². The summed E-state index contributed by atoms with van der Waals surface area (Å²) in [6.45, 7) is 0.323. The van der Waals surface area contributed by atoms with Crippen LogP contribution in [0.4, 0.5) is 4.39 Å². The Morgan fingerprint density at radius 3 is 2.16 bits per heavy atom. The Balaban J connectivity index is 1.73. The summed E-state index contributed by atoms with van der Waals surface area (Å²) in [4.78, 5) is 24.0. The number of hydrogen-bond donors (Lipinski definition) is 2. The molecule has 2 amide bonds. The van der Waals surface area contributed by atoms with Crippen molar-refractivity contribution in [2.24, 2.45) is 0 Å². The molecule has 156 valence electrons. The summed E-state index contributed by atoms with van der Waals surface area (Å²) in [6, 6.07) is 22.6. The largest absolute Gasteiger partial charge is 0.348 e. The van der Waals surface area contributed by atoms with Crippen molar-refractivity contribution in [1.82, 2.24) is 10.8 Å². The highest BCUT2D eigenvalue weighted by molar-refractivity contribution is 6.24. The highest BCUT2D eigenvalue weighted by Crippen LogP contribution is 2.19. The van der Waals surface area contributed by atoms with E-state index in [0.29, 0.717) is 12.1 Å². The Hall–Kier alpha value is -4.03. The molecule has 3 aromatic carbocycles. The smallest absolute Gasteiger partial charge is 0.306 e. The average molecular weight is 417 g/mol. The van der Waals surface area contributed by atoms with Gasteiger partial charge in [0.15, 0.2) is 0 Å². The lowest BCUT2D eigenvalue weighted by Gasteiger charge is -2.10. The molecule has 3 aromatic rings. The molecule has 0 aliphatic carbocycles. The molecule has 0 aliphatic rings. The average Bonchev–Trinajstić information content (AvgIpc) is 2.81. The molecule has 0 unspecified atom stereocenters. The van der Waals surface area contributed by atoms with Crippen molar-refractivity contribution in [2.45, 2.75) is 6.54 Å². The van der Waals surface area contributed by atoms with E-state index in [-0.39, 0.29) is 11.7 Å². The van der Waals surface area contributed by atoms with Crippen LogP contribution in [0.25, 0.3) is 17.7 Å². The molecule has 0 atom stereocenters. The molecule has 0 fully saturated rings. The maximum absolute atomic E-state index is 13.2. The first-order chi connectivity index (χ1) is 15.0. The summed E-state index contributed by atoms with van der Waals surface area (Å²) in [5.41, 5.74) is 5.44. The van der Waals surface area contributed by atoms with Crippen LogP contribution in [0.1, 0.15) is 22.3 Å². The quantitative estimate of drug-likeness (QED) is 0.267. The molecule has 0 aliphatic heterocycles. The van der Waals surface area contributed by atoms with Crippen molar-refractivity contribution >= 4 is 29.5 Å². The zero-order valence-electron chi connectivity index (χ0n) is 16.6. The number of halogens is 1. The van der Waals surface area contributed by atoms with E-state index < -0.39 is 5.91 Å². The molecule has 0 aromatic heterocycles. The molecule has 31 heavy (non-hydrogen) atoms. The lowest BCUT2D eigenvalue weighted by atomic mass is 10.0. The van der Waals surface area contributed by atoms with Crippen LogP contribution in [0, 0.1) is 5.82 Å². The molecule has 0 spiro atoms. The van der Waals surface area contributed by atoms with Gasteiger partial charge in [0.2, 0.25) is 0 Å². The van der Waals surface area contributed by atoms with Gasteiger partial charge in [-0.15, -0.1) is 5.48 Å². The van der Waals surface area contributed by atoms with Gasteiger partial charge in [0.25, 0.3) is 5.91 Å². The number of amides is 2. The number of hydroxylamine groups is 1. The van der Waals surface area contributed by atoms with Gasteiger partial charge < -0.3 is 10.5 Å². The minimum Gasteiger partial charge on any atom is -0.348 e. The number of hydrogen-bond acceptors (Lipinski definition) is 2. The van der Waals surface area contributed by atoms with Crippen molar-refractivity contribution in [2.75, 3.05) is 0 Å². The third kappa shape index (κ3) is 6.48. The van der Waals surface area contributed by atoms with E-state index >= 15 is 0 Å². The summed E-state index contributed by atoms with van der Waals surface area (Å²) >= 11 is 0. The summed E-state index contributed by atoms with van der Waals surface area (Å²) < 4.78 is 13.2. The molecule has 3 rings (SSSR count). The second-order valence-electron chi connectivity index (χ2n) is 6.72. The van der Waals surface area contributed by atoms with Crippen LogP contribution in [0.3, 0.4) is 0 Å². The third-order valence-electron chi connectivity index (χ3n) is 4.49. The first-order valence-corrected chi connectivity index (χ1v) is 9.60. The van der Waals surface area contributed by atoms with Gasteiger partial charge in [0, 0.05) is 18.2 Å². The lowest BCUT2D eigenvalue weighted by Crippen LogP contribution is -2.23. The molecule has 4 N–H and O–H groups in total. The Bertz CT molecular complexity index is 1090. The SMILES string of the molecule is O=C(/C=C/c1ccc(CNC(=O)/C(=C/c2ccc(F)cc2)c2ccccc2)cc1)N[OH2+]. The lowest BCUT2D eigenvalue weighted by molar-refractivity contribution is -0.124. The van der Waals surface area contributed by atoms with E-state index in [1.54, 1.807) is 29.8 Å². The van der Waals surface area contributed by atoms with Crippen LogP contribution in [-0.2, 0) is 16.1 Å². The predicted molar refractivity (Wildman–Crippen MR) is 120 cm³/mol. The van der Waals surface area contributed by atoms with Gasteiger partial charge in [-0.25, -0.2) is 4.39 Å². The van der Waals surface area contributed by atoms with Gasteiger partial charge in [-0.1, -0.05) is 66.7 Å². The first-order valence-electron chi connectivity index (χ1n) is 9.60. The fourth-order valence-electron chi connectivity index (χ4n) is 2.86. The zero-order valence-corrected chi connectivity index (χ0v) is 16.6. The number of carbonyl (C=O) groups is 2. The van der Waals surface area contributed by atoms with Gasteiger partial charge in [-0.05, 0) is 46.5 Å². The molecule has 6 heteroatoms. The van der Waals surface area contributed by atoms with Crippen LogP contribution in [0.2, 0.25) is 0 Å². The van der Waals surface area contributed by atoms with Gasteiger partial charge in [0.1, 0.15) is 5.82 Å². The monoisotopic (exact) mass is 417 g/mol. The van der Waals surface area contributed by atoms with E-state index in [0.717, 1.165) is 22.3 Å². The highest BCUT2D eigenvalue weighted by Gasteiger charge is 2.12. The van der Waals surface area contributed by atoms with Gasteiger partial charge >= 0.3 is 5.91 Å². The molecule has 0 saturated heterocycles. The summed E-state index contributed by atoms with van der Waals surface area (Å²) in [5.74, 6) is -1.08. The van der Waals surface area contributed by atoms with E-state index in [1.807, 2.05) is 54.6 Å². The van der Waals surface area contributed by atoms with Gasteiger partial charge in [-0.3, -0.25) is 9.59 Å². The summed E-state index contributed by atoms with van der Waals surface area (Å²) in [7, 11) is 0. The van der Waals surface area contributed by atoms with Crippen molar-refractivity contribution in [3.63, 3.8) is 0 Å². The minimum atomic E-state index is -0.502. The van der Waals surface area contributed by atoms with Crippen molar-refractivity contribution in [3.8, 4) is 0 Å². The van der Waals surface area contributed by atoms with Crippen LogP contribution in [-0.4, -0.2) is 17.0 Å². The Labute approximate surface area is 179 Å². The molecule has 0 heterocycles. The van der Waals surface area contributed by atoms with Gasteiger partial charge in [-0.2, -0.15) is 0 Å². The molecule has 5 nitrogen and oxygen atoms in total. The third-order valence-corrected chi connectivity index (χ3v) is 4.49. The fraction of sp³-hybridized carbons (Fsp3) is 0.0400. The number of benzene rings is 3. The predicted octanol–water partition coefficient (Wildman–Crippen LogP) is 3.45.